The van der Waals surface area contributed by atoms with E-state index in [-0.39, 0.29) is 11.9 Å². The molecule has 94 valence electrons. The van der Waals surface area contributed by atoms with Crippen molar-refractivity contribution in [3.8, 4) is 6.07 Å². The molecule has 0 saturated carbocycles. The highest BCUT2D eigenvalue weighted by atomic mass is 16.2. The topological polar surface area (TPSA) is 56.1 Å². The van der Waals surface area contributed by atoms with Crippen LogP contribution < -0.4 is 5.32 Å². The zero-order valence-corrected chi connectivity index (χ0v) is 10.7. The first-order valence-corrected chi connectivity index (χ1v) is 6.10. The Morgan fingerprint density at radius 1 is 1.56 bits per heavy atom. The van der Waals surface area contributed by atoms with E-state index in [4.69, 9.17) is 5.26 Å². The summed E-state index contributed by atoms with van der Waals surface area (Å²) >= 11 is 0. The Balaban J connectivity index is 1.99. The van der Waals surface area contributed by atoms with Crippen LogP contribution in [0.25, 0.3) is 0 Å². The number of carbonyl (C=O) groups excluding carboxylic acids is 1. The molecule has 1 unspecified atom stereocenters. The lowest BCUT2D eigenvalue weighted by molar-refractivity contribution is -0.128. The van der Waals surface area contributed by atoms with E-state index in [0.29, 0.717) is 12.1 Å². The van der Waals surface area contributed by atoms with Gasteiger partial charge < -0.3 is 10.2 Å². The van der Waals surface area contributed by atoms with Crippen LogP contribution in [0.4, 0.5) is 0 Å². The summed E-state index contributed by atoms with van der Waals surface area (Å²) in [6.45, 7) is 3.48. The van der Waals surface area contributed by atoms with Crippen molar-refractivity contribution < 1.29 is 4.79 Å². The molecule has 1 amide bonds. The number of nitrogens with one attached hydrogen (secondary N) is 1. The maximum absolute atomic E-state index is 11.7. The minimum absolute atomic E-state index is 0.0648. The number of carbonyl (C=O) groups is 1. The second kappa shape index (κ2) is 5.19. The predicted molar refractivity (Wildman–Crippen MR) is 68.8 cm³/mol. The van der Waals surface area contributed by atoms with Crippen LogP contribution in [-0.4, -0.2) is 30.4 Å². The third-order valence-corrected chi connectivity index (χ3v) is 3.44. The van der Waals surface area contributed by atoms with Gasteiger partial charge in [0.25, 0.3) is 0 Å². The van der Waals surface area contributed by atoms with E-state index >= 15 is 0 Å². The number of nitrogens with zero attached hydrogens (tertiary/aromatic N) is 2. The van der Waals surface area contributed by atoms with Crippen LogP contribution in [0.3, 0.4) is 0 Å². The van der Waals surface area contributed by atoms with Gasteiger partial charge in [-0.3, -0.25) is 4.79 Å². The minimum atomic E-state index is -0.0648. The van der Waals surface area contributed by atoms with Crippen molar-refractivity contribution in [2.75, 3.05) is 13.6 Å². The lowest BCUT2D eigenvalue weighted by Gasteiger charge is -2.13. The van der Waals surface area contributed by atoms with Gasteiger partial charge in [-0.25, -0.2) is 0 Å². The maximum atomic E-state index is 11.7. The van der Waals surface area contributed by atoms with Crippen molar-refractivity contribution in [3.63, 3.8) is 0 Å². The number of nitriles is 1. The standard InChI is InChI=1S/C14H17N3O/c1-10-7-11(8-15)3-4-12(10)9-16-13-5-6-17(2)14(13)18/h3-4,7,13,16H,5-6,9H2,1-2H3. The third-order valence-electron chi connectivity index (χ3n) is 3.44. The van der Waals surface area contributed by atoms with Gasteiger partial charge in [-0.15, -0.1) is 0 Å². The molecule has 1 aliphatic rings. The molecular formula is C14H17N3O. The normalized spacial score (nSPS) is 19.1. The van der Waals surface area contributed by atoms with Gasteiger partial charge in [-0.2, -0.15) is 5.26 Å². The highest BCUT2D eigenvalue weighted by molar-refractivity contribution is 5.83. The van der Waals surface area contributed by atoms with E-state index in [1.807, 2.05) is 32.2 Å². The van der Waals surface area contributed by atoms with Gasteiger partial charge in [0, 0.05) is 20.1 Å². The molecule has 1 aromatic rings. The van der Waals surface area contributed by atoms with Crippen molar-refractivity contribution in [3.05, 3.63) is 34.9 Å². The fourth-order valence-electron chi connectivity index (χ4n) is 2.21. The summed E-state index contributed by atoms with van der Waals surface area (Å²) in [5, 5.41) is 12.1. The maximum Gasteiger partial charge on any atom is 0.239 e. The zero-order valence-electron chi connectivity index (χ0n) is 10.7. The van der Waals surface area contributed by atoms with E-state index in [2.05, 4.69) is 11.4 Å². The number of likely N-dealkylation sites (tertiary alicyclic amines) is 1. The number of amides is 1. The largest absolute Gasteiger partial charge is 0.344 e. The molecule has 2 rings (SSSR count). The molecule has 18 heavy (non-hydrogen) atoms. The Morgan fingerprint density at radius 3 is 2.89 bits per heavy atom. The molecule has 4 heteroatoms. The Hall–Kier alpha value is -1.86. The average Bonchev–Trinajstić information content (AvgIpc) is 2.68. The fourth-order valence-corrected chi connectivity index (χ4v) is 2.21. The Kier molecular flexibility index (Phi) is 3.63. The third kappa shape index (κ3) is 2.52. The molecule has 4 nitrogen and oxygen atoms in total. The van der Waals surface area contributed by atoms with Crippen molar-refractivity contribution in [1.29, 1.82) is 5.26 Å². The minimum Gasteiger partial charge on any atom is -0.344 e. The highest BCUT2D eigenvalue weighted by Crippen LogP contribution is 2.13. The molecule has 0 radical (unpaired) electrons. The second-order valence-electron chi connectivity index (χ2n) is 4.74. The zero-order chi connectivity index (χ0) is 13.1. The van der Waals surface area contributed by atoms with Crippen LogP contribution in [0.15, 0.2) is 18.2 Å². The number of benzene rings is 1. The summed E-state index contributed by atoms with van der Waals surface area (Å²) in [7, 11) is 1.83. The Labute approximate surface area is 107 Å². The fraction of sp³-hybridized carbons (Fsp3) is 0.429. The van der Waals surface area contributed by atoms with Crippen LogP contribution in [0.5, 0.6) is 0 Å². The van der Waals surface area contributed by atoms with Gasteiger partial charge >= 0.3 is 0 Å². The molecule has 1 aliphatic heterocycles. The molecule has 1 heterocycles. The molecule has 1 aromatic carbocycles. The van der Waals surface area contributed by atoms with E-state index in [1.54, 1.807) is 4.90 Å². The first kappa shape index (κ1) is 12.6. The molecule has 0 aromatic heterocycles. The van der Waals surface area contributed by atoms with Gasteiger partial charge in [0.1, 0.15) is 0 Å². The lowest BCUT2D eigenvalue weighted by Crippen LogP contribution is -2.36. The van der Waals surface area contributed by atoms with Crippen LogP contribution in [-0.2, 0) is 11.3 Å². The molecule has 1 atom stereocenters. The van der Waals surface area contributed by atoms with Gasteiger partial charge in [0.2, 0.25) is 5.91 Å². The SMILES string of the molecule is Cc1cc(C#N)ccc1CNC1CCN(C)C1=O. The monoisotopic (exact) mass is 243 g/mol. The van der Waals surface area contributed by atoms with Crippen molar-refractivity contribution in [1.82, 2.24) is 10.2 Å². The van der Waals surface area contributed by atoms with Crippen LogP contribution in [0, 0.1) is 18.3 Å². The summed E-state index contributed by atoms with van der Waals surface area (Å²) in [5.41, 5.74) is 2.89. The lowest BCUT2D eigenvalue weighted by atomic mass is 10.1. The molecule has 0 spiro atoms. The van der Waals surface area contributed by atoms with Crippen LogP contribution >= 0.6 is 0 Å². The number of hydrogen-bond donors (Lipinski definition) is 1. The molecule has 0 aliphatic carbocycles. The summed E-state index contributed by atoms with van der Waals surface area (Å²) in [6, 6.07) is 7.69. The summed E-state index contributed by atoms with van der Waals surface area (Å²) < 4.78 is 0. The van der Waals surface area contributed by atoms with Crippen LogP contribution in [0.1, 0.15) is 23.1 Å². The first-order chi connectivity index (χ1) is 8.61. The number of rotatable bonds is 3. The molecule has 1 N–H and O–H groups in total. The molecular weight excluding hydrogens is 226 g/mol. The van der Waals surface area contributed by atoms with Crippen molar-refractivity contribution >= 4 is 5.91 Å². The summed E-state index contributed by atoms with van der Waals surface area (Å²) in [5.74, 6) is 0.168. The molecule has 0 bridgehead atoms. The summed E-state index contributed by atoms with van der Waals surface area (Å²) in [6.07, 6.45) is 0.866. The van der Waals surface area contributed by atoms with E-state index in [1.165, 1.54) is 0 Å². The van der Waals surface area contributed by atoms with Crippen molar-refractivity contribution in [2.24, 2.45) is 0 Å². The van der Waals surface area contributed by atoms with E-state index in [0.717, 1.165) is 24.1 Å². The predicted octanol–water partition coefficient (Wildman–Crippen LogP) is 1.19. The second-order valence-corrected chi connectivity index (χ2v) is 4.74. The van der Waals surface area contributed by atoms with Crippen LogP contribution in [0.2, 0.25) is 0 Å². The first-order valence-electron chi connectivity index (χ1n) is 6.10. The summed E-state index contributed by atoms with van der Waals surface area (Å²) in [4.78, 5) is 13.5. The smallest absolute Gasteiger partial charge is 0.239 e. The molecule has 1 saturated heterocycles. The van der Waals surface area contributed by atoms with Crippen molar-refractivity contribution in [2.45, 2.75) is 25.9 Å². The Bertz CT molecular complexity index is 504. The van der Waals surface area contributed by atoms with Gasteiger partial charge in [-0.05, 0) is 36.6 Å². The quantitative estimate of drug-likeness (QED) is 0.867. The number of aryl methyl sites for hydroxylation is 1. The van der Waals surface area contributed by atoms with E-state index in [9.17, 15) is 4.79 Å². The number of hydrogen-bond acceptors (Lipinski definition) is 3. The average molecular weight is 243 g/mol. The van der Waals surface area contributed by atoms with E-state index < -0.39 is 0 Å². The Morgan fingerprint density at radius 2 is 2.33 bits per heavy atom. The molecule has 1 fully saturated rings. The van der Waals surface area contributed by atoms with Gasteiger partial charge in [0.05, 0.1) is 17.7 Å². The van der Waals surface area contributed by atoms with Gasteiger partial charge in [0.15, 0.2) is 0 Å². The highest BCUT2D eigenvalue weighted by Gasteiger charge is 2.28. The number of likely N-dealkylation sites (N-methyl/N-ethyl adjacent to an activating group) is 1. The van der Waals surface area contributed by atoms with Gasteiger partial charge in [-0.1, -0.05) is 6.07 Å².